The van der Waals surface area contributed by atoms with Gasteiger partial charge in [-0.1, -0.05) is 42.5 Å². The molecule has 3 nitrogen and oxygen atoms in total. The molecule has 0 aliphatic carbocycles. The van der Waals surface area contributed by atoms with Crippen LogP contribution in [0.3, 0.4) is 0 Å². The number of aliphatic hydroxyl groups is 1. The molecule has 1 aromatic carbocycles. The lowest BCUT2D eigenvalue weighted by Crippen LogP contribution is -2.26. The molecule has 0 amide bonds. The van der Waals surface area contributed by atoms with Crippen LogP contribution in [-0.2, 0) is 9.53 Å². The lowest BCUT2D eigenvalue weighted by Gasteiger charge is -2.20. The molecule has 0 spiro atoms. The second kappa shape index (κ2) is 6.36. The first-order valence-corrected chi connectivity index (χ1v) is 6.00. The van der Waals surface area contributed by atoms with E-state index in [2.05, 4.69) is 0 Å². The summed E-state index contributed by atoms with van der Waals surface area (Å²) in [6.07, 6.45) is 2.54. The van der Waals surface area contributed by atoms with E-state index in [4.69, 9.17) is 4.74 Å². The molecule has 0 aliphatic heterocycles. The Kier molecular flexibility index (Phi) is 5.10. The SMILES string of the molecule is CC(C)(C)OC(=O)CC(O)/C=C/c1ccccc1. The second-order valence-corrected chi connectivity index (χ2v) is 5.13. The molecular weight excluding hydrogens is 228 g/mol. The number of carbonyl (C=O) groups excluding carboxylic acids is 1. The number of benzene rings is 1. The summed E-state index contributed by atoms with van der Waals surface area (Å²) in [7, 11) is 0. The summed E-state index contributed by atoms with van der Waals surface area (Å²) in [4.78, 5) is 11.5. The average Bonchev–Trinajstić information content (AvgIpc) is 2.25. The van der Waals surface area contributed by atoms with Gasteiger partial charge in [-0.25, -0.2) is 0 Å². The fourth-order valence-electron chi connectivity index (χ4n) is 1.41. The summed E-state index contributed by atoms with van der Waals surface area (Å²) in [6, 6.07) is 9.61. The van der Waals surface area contributed by atoms with Gasteiger partial charge in [0.1, 0.15) is 5.60 Å². The van der Waals surface area contributed by atoms with Crippen molar-refractivity contribution in [2.24, 2.45) is 0 Å². The minimum Gasteiger partial charge on any atom is -0.460 e. The van der Waals surface area contributed by atoms with E-state index in [1.807, 2.05) is 30.3 Å². The van der Waals surface area contributed by atoms with E-state index in [9.17, 15) is 9.90 Å². The molecule has 0 bridgehead atoms. The Labute approximate surface area is 108 Å². The Bertz CT molecular complexity index is 401. The largest absolute Gasteiger partial charge is 0.460 e. The standard InChI is InChI=1S/C15H20O3/c1-15(2,3)18-14(17)11-13(16)10-9-12-7-5-4-6-8-12/h4-10,13,16H,11H2,1-3H3/b10-9+. The third-order valence-electron chi connectivity index (χ3n) is 2.11. The van der Waals surface area contributed by atoms with Crippen LogP contribution in [0.15, 0.2) is 36.4 Å². The van der Waals surface area contributed by atoms with Crippen LogP contribution in [0.4, 0.5) is 0 Å². The predicted octanol–water partition coefficient (Wildman–Crippen LogP) is 2.79. The first-order chi connectivity index (χ1) is 8.37. The zero-order valence-corrected chi connectivity index (χ0v) is 11.1. The highest BCUT2D eigenvalue weighted by molar-refractivity contribution is 5.71. The van der Waals surface area contributed by atoms with Crippen molar-refractivity contribution in [1.82, 2.24) is 0 Å². The topological polar surface area (TPSA) is 46.5 Å². The van der Waals surface area contributed by atoms with Gasteiger partial charge < -0.3 is 9.84 Å². The molecule has 0 saturated carbocycles. The molecule has 98 valence electrons. The molecule has 0 radical (unpaired) electrons. The van der Waals surface area contributed by atoms with Gasteiger partial charge in [-0.3, -0.25) is 4.79 Å². The van der Waals surface area contributed by atoms with Gasteiger partial charge in [0, 0.05) is 0 Å². The monoisotopic (exact) mass is 248 g/mol. The quantitative estimate of drug-likeness (QED) is 0.833. The van der Waals surface area contributed by atoms with Gasteiger partial charge in [-0.2, -0.15) is 0 Å². The van der Waals surface area contributed by atoms with E-state index in [0.29, 0.717) is 0 Å². The third-order valence-corrected chi connectivity index (χ3v) is 2.11. The molecular formula is C15H20O3. The van der Waals surface area contributed by atoms with Crippen LogP contribution < -0.4 is 0 Å². The van der Waals surface area contributed by atoms with Gasteiger partial charge in [-0.15, -0.1) is 0 Å². The minimum atomic E-state index is -0.819. The van der Waals surface area contributed by atoms with E-state index >= 15 is 0 Å². The van der Waals surface area contributed by atoms with Crippen molar-refractivity contribution in [2.75, 3.05) is 0 Å². The molecule has 1 N–H and O–H groups in total. The van der Waals surface area contributed by atoms with Gasteiger partial charge in [0.25, 0.3) is 0 Å². The van der Waals surface area contributed by atoms with E-state index < -0.39 is 17.7 Å². The van der Waals surface area contributed by atoms with Crippen LogP contribution in [-0.4, -0.2) is 22.8 Å². The minimum absolute atomic E-state index is 0.0272. The van der Waals surface area contributed by atoms with Gasteiger partial charge in [0.2, 0.25) is 0 Å². The summed E-state index contributed by atoms with van der Waals surface area (Å²) in [5, 5.41) is 9.69. The number of carbonyl (C=O) groups is 1. The van der Waals surface area contributed by atoms with E-state index in [-0.39, 0.29) is 6.42 Å². The fraction of sp³-hybridized carbons (Fsp3) is 0.400. The zero-order chi connectivity index (χ0) is 13.6. The Morgan fingerprint density at radius 3 is 2.50 bits per heavy atom. The third kappa shape index (κ3) is 6.21. The number of ether oxygens (including phenoxy) is 1. The Balaban J connectivity index is 2.45. The number of hydrogen-bond donors (Lipinski definition) is 1. The van der Waals surface area contributed by atoms with Gasteiger partial charge in [-0.05, 0) is 26.3 Å². The van der Waals surface area contributed by atoms with Crippen molar-refractivity contribution in [3.8, 4) is 0 Å². The number of rotatable bonds is 4. The number of aliphatic hydroxyl groups excluding tert-OH is 1. The lowest BCUT2D eigenvalue weighted by atomic mass is 10.1. The molecule has 0 aromatic heterocycles. The summed E-state index contributed by atoms with van der Waals surface area (Å²) in [5.74, 6) is -0.396. The molecule has 18 heavy (non-hydrogen) atoms. The van der Waals surface area contributed by atoms with E-state index in [1.165, 1.54) is 0 Å². The summed E-state index contributed by atoms with van der Waals surface area (Å²) in [5.41, 5.74) is 0.473. The van der Waals surface area contributed by atoms with Gasteiger partial charge in [0.05, 0.1) is 12.5 Å². The van der Waals surface area contributed by atoms with Crippen LogP contribution in [0.25, 0.3) is 6.08 Å². The van der Waals surface area contributed by atoms with E-state index in [1.54, 1.807) is 32.9 Å². The van der Waals surface area contributed by atoms with Crippen LogP contribution >= 0.6 is 0 Å². The maximum atomic E-state index is 11.5. The maximum Gasteiger partial charge on any atom is 0.309 e. The van der Waals surface area contributed by atoms with Crippen LogP contribution in [0.2, 0.25) is 0 Å². The summed E-state index contributed by atoms with van der Waals surface area (Å²) >= 11 is 0. The van der Waals surface area contributed by atoms with Crippen molar-refractivity contribution >= 4 is 12.0 Å². The van der Waals surface area contributed by atoms with Crippen LogP contribution in [0.1, 0.15) is 32.8 Å². The molecule has 1 rings (SSSR count). The Morgan fingerprint density at radius 2 is 1.94 bits per heavy atom. The van der Waals surface area contributed by atoms with E-state index in [0.717, 1.165) is 5.56 Å². The molecule has 1 atom stereocenters. The predicted molar refractivity (Wildman–Crippen MR) is 71.9 cm³/mol. The molecule has 1 unspecified atom stereocenters. The fourth-order valence-corrected chi connectivity index (χ4v) is 1.41. The molecule has 1 aromatic rings. The highest BCUT2D eigenvalue weighted by Crippen LogP contribution is 2.10. The van der Waals surface area contributed by atoms with Gasteiger partial charge in [0.15, 0.2) is 0 Å². The molecule has 3 heteroatoms. The molecule has 0 saturated heterocycles. The molecule has 0 aliphatic rings. The first kappa shape index (κ1) is 14.5. The van der Waals surface area contributed by atoms with Crippen LogP contribution in [0.5, 0.6) is 0 Å². The zero-order valence-electron chi connectivity index (χ0n) is 11.1. The summed E-state index contributed by atoms with van der Waals surface area (Å²) < 4.78 is 5.13. The van der Waals surface area contributed by atoms with Crippen molar-refractivity contribution in [3.63, 3.8) is 0 Å². The first-order valence-electron chi connectivity index (χ1n) is 6.00. The average molecular weight is 248 g/mol. The number of hydrogen-bond acceptors (Lipinski definition) is 3. The molecule has 0 heterocycles. The highest BCUT2D eigenvalue weighted by Gasteiger charge is 2.17. The lowest BCUT2D eigenvalue weighted by molar-refractivity contribution is -0.156. The summed E-state index contributed by atoms with van der Waals surface area (Å²) in [6.45, 7) is 5.41. The van der Waals surface area contributed by atoms with Crippen molar-refractivity contribution in [1.29, 1.82) is 0 Å². The Hall–Kier alpha value is -1.61. The van der Waals surface area contributed by atoms with Gasteiger partial charge >= 0.3 is 5.97 Å². The Morgan fingerprint density at radius 1 is 1.33 bits per heavy atom. The molecule has 0 fully saturated rings. The van der Waals surface area contributed by atoms with Crippen LogP contribution in [0, 0.1) is 0 Å². The highest BCUT2D eigenvalue weighted by atomic mass is 16.6. The van der Waals surface area contributed by atoms with Crippen molar-refractivity contribution in [3.05, 3.63) is 42.0 Å². The van der Waals surface area contributed by atoms with Crippen molar-refractivity contribution in [2.45, 2.75) is 38.9 Å². The maximum absolute atomic E-state index is 11.5. The number of esters is 1. The normalized spacial score (nSPS) is 13.6. The van der Waals surface area contributed by atoms with Crippen molar-refractivity contribution < 1.29 is 14.6 Å². The smallest absolute Gasteiger partial charge is 0.309 e. The second-order valence-electron chi connectivity index (χ2n) is 5.13.